The first kappa shape index (κ1) is 15.4. The van der Waals surface area contributed by atoms with E-state index in [4.69, 9.17) is 15.6 Å². The second kappa shape index (κ2) is 7.10. The molecule has 18 heavy (non-hydrogen) atoms. The predicted octanol–water partition coefficient (Wildman–Crippen LogP) is 2.55. The summed E-state index contributed by atoms with van der Waals surface area (Å²) in [6, 6.07) is 0. The summed E-state index contributed by atoms with van der Waals surface area (Å²) >= 11 is 0. The fourth-order valence-electron chi connectivity index (χ4n) is 2.60. The van der Waals surface area contributed by atoms with Gasteiger partial charge in [-0.1, -0.05) is 26.7 Å². The van der Waals surface area contributed by atoms with Crippen LogP contribution in [0.25, 0.3) is 0 Å². The normalized spacial score (nSPS) is 27.7. The predicted molar refractivity (Wildman–Crippen MR) is 71.5 cm³/mol. The van der Waals surface area contributed by atoms with Crippen LogP contribution in [-0.4, -0.2) is 29.3 Å². The topological polar surface area (TPSA) is 72.5 Å². The molecule has 3 unspecified atom stereocenters. The molecule has 4 nitrogen and oxygen atoms in total. The lowest BCUT2D eigenvalue weighted by Crippen LogP contribution is -2.47. The zero-order valence-corrected chi connectivity index (χ0v) is 11.7. The van der Waals surface area contributed by atoms with Crippen LogP contribution in [0.15, 0.2) is 0 Å². The quantitative estimate of drug-likeness (QED) is 0.687. The molecule has 0 saturated heterocycles. The van der Waals surface area contributed by atoms with Gasteiger partial charge in [0.15, 0.2) is 0 Å². The lowest BCUT2D eigenvalue weighted by Gasteiger charge is -2.27. The van der Waals surface area contributed by atoms with Crippen LogP contribution >= 0.6 is 0 Å². The number of rotatable bonds is 7. The summed E-state index contributed by atoms with van der Waals surface area (Å²) in [7, 11) is 0. The van der Waals surface area contributed by atoms with E-state index in [9.17, 15) is 4.79 Å². The molecule has 3 atom stereocenters. The smallest absolute Gasteiger partial charge is 0.323 e. The number of carboxylic acids is 1. The summed E-state index contributed by atoms with van der Waals surface area (Å²) in [4.78, 5) is 11.0. The molecule has 3 N–H and O–H groups in total. The van der Waals surface area contributed by atoms with Crippen LogP contribution in [0.5, 0.6) is 0 Å². The minimum absolute atomic E-state index is 0.368. The van der Waals surface area contributed by atoms with Crippen LogP contribution in [0.1, 0.15) is 58.8 Å². The zero-order valence-electron chi connectivity index (χ0n) is 11.7. The fraction of sp³-hybridized carbons (Fsp3) is 0.929. The van der Waals surface area contributed by atoms with E-state index in [1.807, 2.05) is 6.92 Å². The second-order valence-corrected chi connectivity index (χ2v) is 5.68. The highest BCUT2D eigenvalue weighted by atomic mass is 16.5. The molecule has 0 radical (unpaired) electrons. The summed E-state index contributed by atoms with van der Waals surface area (Å²) < 4.78 is 5.82. The van der Waals surface area contributed by atoms with E-state index in [1.165, 1.54) is 12.8 Å². The second-order valence-electron chi connectivity index (χ2n) is 5.68. The van der Waals surface area contributed by atoms with Gasteiger partial charge in [0.1, 0.15) is 5.54 Å². The number of aliphatic carboxylic acids is 1. The first-order valence-corrected chi connectivity index (χ1v) is 7.12. The van der Waals surface area contributed by atoms with Crippen molar-refractivity contribution in [1.82, 2.24) is 0 Å². The lowest BCUT2D eigenvalue weighted by atomic mass is 9.88. The van der Waals surface area contributed by atoms with Crippen molar-refractivity contribution in [2.75, 3.05) is 6.61 Å². The van der Waals surface area contributed by atoms with E-state index in [-0.39, 0.29) is 0 Å². The molecular formula is C14H27NO3. The Morgan fingerprint density at radius 2 is 2.22 bits per heavy atom. The Bertz CT molecular complexity index is 270. The molecule has 0 aliphatic heterocycles. The Morgan fingerprint density at radius 3 is 2.78 bits per heavy atom. The molecule has 1 fully saturated rings. The highest BCUT2D eigenvalue weighted by molar-refractivity contribution is 5.78. The van der Waals surface area contributed by atoms with Crippen molar-refractivity contribution in [3.63, 3.8) is 0 Å². The van der Waals surface area contributed by atoms with Gasteiger partial charge in [0.25, 0.3) is 0 Å². The minimum atomic E-state index is -1.08. The number of nitrogens with two attached hydrogens (primary N) is 1. The van der Waals surface area contributed by atoms with E-state index in [0.29, 0.717) is 25.6 Å². The van der Waals surface area contributed by atoms with Gasteiger partial charge >= 0.3 is 5.97 Å². The molecule has 0 bridgehead atoms. The van der Waals surface area contributed by atoms with Crippen molar-refractivity contribution >= 4 is 5.97 Å². The summed E-state index contributed by atoms with van der Waals surface area (Å²) in [5.74, 6) is -0.150. The average molecular weight is 257 g/mol. The third-order valence-corrected chi connectivity index (χ3v) is 4.07. The SMILES string of the molecule is CCC(N)(CCCOC1CCCC(C)C1)C(=O)O. The van der Waals surface area contributed by atoms with Crippen molar-refractivity contribution in [3.05, 3.63) is 0 Å². The molecule has 0 spiro atoms. The summed E-state index contributed by atoms with van der Waals surface area (Å²) in [5, 5.41) is 9.05. The van der Waals surface area contributed by atoms with Crippen LogP contribution in [0.3, 0.4) is 0 Å². The van der Waals surface area contributed by atoms with E-state index in [1.54, 1.807) is 0 Å². The van der Waals surface area contributed by atoms with Gasteiger partial charge in [0.2, 0.25) is 0 Å². The first-order chi connectivity index (χ1) is 8.48. The van der Waals surface area contributed by atoms with E-state index < -0.39 is 11.5 Å². The molecule has 1 aliphatic carbocycles. The molecule has 0 aromatic heterocycles. The van der Waals surface area contributed by atoms with Gasteiger partial charge < -0.3 is 15.6 Å². The van der Waals surface area contributed by atoms with Crippen LogP contribution in [0.4, 0.5) is 0 Å². The maximum absolute atomic E-state index is 11.0. The Kier molecular flexibility index (Phi) is 6.09. The first-order valence-electron chi connectivity index (χ1n) is 7.12. The van der Waals surface area contributed by atoms with E-state index in [0.717, 1.165) is 25.2 Å². The summed E-state index contributed by atoms with van der Waals surface area (Å²) in [6.07, 6.45) is 6.88. The summed E-state index contributed by atoms with van der Waals surface area (Å²) in [5.41, 5.74) is 4.75. The Morgan fingerprint density at radius 1 is 1.50 bits per heavy atom. The molecule has 1 rings (SSSR count). The third kappa shape index (κ3) is 4.58. The molecule has 0 aromatic rings. The van der Waals surface area contributed by atoms with Crippen LogP contribution in [-0.2, 0) is 9.53 Å². The lowest BCUT2D eigenvalue weighted by molar-refractivity contribution is -0.143. The Balaban J connectivity index is 2.19. The number of carboxylic acid groups (broad SMARTS) is 1. The highest BCUT2D eigenvalue weighted by Crippen LogP contribution is 2.26. The van der Waals surface area contributed by atoms with Gasteiger partial charge in [-0.15, -0.1) is 0 Å². The number of carbonyl (C=O) groups is 1. The largest absolute Gasteiger partial charge is 0.480 e. The molecule has 4 heteroatoms. The average Bonchev–Trinajstić information content (AvgIpc) is 2.34. The van der Waals surface area contributed by atoms with Crippen LogP contribution in [0, 0.1) is 5.92 Å². The van der Waals surface area contributed by atoms with Gasteiger partial charge in [-0.05, 0) is 38.0 Å². The van der Waals surface area contributed by atoms with Crippen LogP contribution in [0.2, 0.25) is 0 Å². The summed E-state index contributed by atoms with van der Waals surface area (Å²) in [6.45, 7) is 4.71. The van der Waals surface area contributed by atoms with Gasteiger partial charge in [-0.25, -0.2) is 0 Å². The molecule has 1 aliphatic rings. The molecular weight excluding hydrogens is 230 g/mol. The number of hydrogen-bond donors (Lipinski definition) is 2. The minimum Gasteiger partial charge on any atom is -0.480 e. The molecule has 0 aromatic carbocycles. The molecule has 0 amide bonds. The van der Waals surface area contributed by atoms with Crippen molar-refractivity contribution in [1.29, 1.82) is 0 Å². The monoisotopic (exact) mass is 257 g/mol. The van der Waals surface area contributed by atoms with Gasteiger partial charge in [0, 0.05) is 6.61 Å². The van der Waals surface area contributed by atoms with Crippen molar-refractivity contribution in [2.45, 2.75) is 70.4 Å². The van der Waals surface area contributed by atoms with Gasteiger partial charge in [-0.3, -0.25) is 4.79 Å². The molecule has 0 heterocycles. The fourth-order valence-corrected chi connectivity index (χ4v) is 2.60. The standard InChI is InChI=1S/C14H27NO3/c1-3-14(15,13(16)17)8-5-9-18-12-7-4-6-11(2)10-12/h11-12H,3-10,15H2,1-2H3,(H,16,17). The maximum atomic E-state index is 11.0. The van der Waals surface area contributed by atoms with Crippen molar-refractivity contribution in [3.8, 4) is 0 Å². The number of ether oxygens (including phenoxy) is 1. The maximum Gasteiger partial charge on any atom is 0.323 e. The van der Waals surface area contributed by atoms with Crippen molar-refractivity contribution < 1.29 is 14.6 Å². The molecule has 106 valence electrons. The van der Waals surface area contributed by atoms with Gasteiger partial charge in [-0.2, -0.15) is 0 Å². The third-order valence-electron chi connectivity index (χ3n) is 4.07. The zero-order chi connectivity index (χ0) is 13.6. The Labute approximate surface area is 110 Å². The van der Waals surface area contributed by atoms with Crippen LogP contribution < -0.4 is 5.73 Å². The van der Waals surface area contributed by atoms with Gasteiger partial charge in [0.05, 0.1) is 6.10 Å². The van der Waals surface area contributed by atoms with Crippen molar-refractivity contribution in [2.24, 2.45) is 11.7 Å². The van der Waals surface area contributed by atoms with E-state index >= 15 is 0 Å². The highest BCUT2D eigenvalue weighted by Gasteiger charge is 2.31. The number of hydrogen-bond acceptors (Lipinski definition) is 3. The Hall–Kier alpha value is -0.610. The van der Waals surface area contributed by atoms with E-state index in [2.05, 4.69) is 6.92 Å². The molecule has 1 saturated carbocycles.